The molecule has 1 saturated carbocycles. The van der Waals surface area contributed by atoms with Gasteiger partial charge in [-0.05, 0) is 31.9 Å². The van der Waals surface area contributed by atoms with E-state index >= 15 is 0 Å². The fourth-order valence-corrected chi connectivity index (χ4v) is 3.15. The van der Waals surface area contributed by atoms with Gasteiger partial charge in [0, 0.05) is 12.2 Å². The highest BCUT2D eigenvalue weighted by atomic mass is 16.2. The summed E-state index contributed by atoms with van der Waals surface area (Å²) in [6, 6.07) is 5.11. The summed E-state index contributed by atoms with van der Waals surface area (Å²) in [6.45, 7) is 1.79. The number of pyridine rings is 1. The second-order valence-corrected chi connectivity index (χ2v) is 6.44. The topological polar surface area (TPSA) is 100 Å². The maximum absolute atomic E-state index is 12.0. The quantitative estimate of drug-likeness (QED) is 0.766. The Morgan fingerprint density at radius 1 is 1.24 bits per heavy atom. The van der Waals surface area contributed by atoms with E-state index in [4.69, 9.17) is 0 Å². The lowest BCUT2D eigenvalue weighted by molar-refractivity contribution is -0.121. The molecule has 3 rings (SSSR count). The maximum Gasteiger partial charge on any atom is 0.315 e. The van der Waals surface area contributed by atoms with Gasteiger partial charge in [-0.3, -0.25) is 9.20 Å². The molecule has 3 N–H and O–H groups in total. The average Bonchev–Trinajstić information content (AvgIpc) is 3.05. The van der Waals surface area contributed by atoms with Crippen LogP contribution in [0.4, 0.5) is 4.79 Å². The Bertz CT molecular complexity index is 738. The number of fused-ring (bicyclic) bond motifs is 1. The fraction of sp³-hybridized carbons (Fsp3) is 0.529. The van der Waals surface area contributed by atoms with Crippen molar-refractivity contribution in [3.05, 3.63) is 30.2 Å². The first-order chi connectivity index (χ1) is 12.1. The Morgan fingerprint density at radius 3 is 2.84 bits per heavy atom. The Hall–Kier alpha value is -2.64. The number of aromatic nitrogens is 3. The van der Waals surface area contributed by atoms with Crippen LogP contribution in [0.1, 0.15) is 50.9 Å². The van der Waals surface area contributed by atoms with Gasteiger partial charge in [-0.15, -0.1) is 10.2 Å². The lowest BCUT2D eigenvalue weighted by atomic mass is 9.95. The van der Waals surface area contributed by atoms with Crippen LogP contribution in [0.25, 0.3) is 5.65 Å². The van der Waals surface area contributed by atoms with E-state index in [1.807, 2.05) is 35.7 Å². The number of carbonyl (C=O) groups excluding carboxylic acids is 2. The van der Waals surface area contributed by atoms with Gasteiger partial charge >= 0.3 is 6.03 Å². The fourth-order valence-electron chi connectivity index (χ4n) is 3.15. The summed E-state index contributed by atoms with van der Waals surface area (Å²) in [5.41, 5.74) is 0.721. The molecule has 2 aromatic heterocycles. The van der Waals surface area contributed by atoms with Crippen molar-refractivity contribution in [1.29, 1.82) is 0 Å². The molecule has 1 aliphatic rings. The van der Waals surface area contributed by atoms with Gasteiger partial charge in [-0.2, -0.15) is 0 Å². The number of nitrogens with one attached hydrogen (secondary N) is 3. The van der Waals surface area contributed by atoms with E-state index in [9.17, 15) is 9.59 Å². The third-order valence-corrected chi connectivity index (χ3v) is 4.45. The van der Waals surface area contributed by atoms with Crippen LogP contribution < -0.4 is 16.0 Å². The molecular formula is C17H24N6O2. The zero-order chi connectivity index (χ0) is 17.6. The van der Waals surface area contributed by atoms with Crippen LogP contribution in [0, 0.1) is 0 Å². The van der Waals surface area contributed by atoms with Crippen LogP contribution in [-0.2, 0) is 4.79 Å². The largest absolute Gasteiger partial charge is 0.352 e. The van der Waals surface area contributed by atoms with Gasteiger partial charge in [-0.1, -0.05) is 25.3 Å². The van der Waals surface area contributed by atoms with E-state index in [-0.39, 0.29) is 24.5 Å². The molecule has 8 nitrogen and oxygen atoms in total. The lowest BCUT2D eigenvalue weighted by Gasteiger charge is -2.22. The molecule has 1 fully saturated rings. The molecule has 0 bridgehead atoms. The molecule has 0 radical (unpaired) electrons. The van der Waals surface area contributed by atoms with Gasteiger partial charge in [0.25, 0.3) is 0 Å². The molecule has 1 aliphatic carbocycles. The van der Waals surface area contributed by atoms with Crippen LogP contribution in [-0.4, -0.2) is 39.1 Å². The molecule has 0 aliphatic heterocycles. The zero-order valence-corrected chi connectivity index (χ0v) is 14.4. The van der Waals surface area contributed by atoms with Crippen molar-refractivity contribution in [3.63, 3.8) is 0 Å². The van der Waals surface area contributed by atoms with Gasteiger partial charge in [0.1, 0.15) is 0 Å². The number of carbonyl (C=O) groups is 2. The molecule has 2 heterocycles. The van der Waals surface area contributed by atoms with Crippen molar-refractivity contribution in [2.75, 3.05) is 6.54 Å². The average molecular weight is 344 g/mol. The van der Waals surface area contributed by atoms with E-state index in [0.29, 0.717) is 5.82 Å². The number of amides is 3. The summed E-state index contributed by atoms with van der Waals surface area (Å²) >= 11 is 0. The molecule has 3 amide bonds. The van der Waals surface area contributed by atoms with Crippen LogP contribution in [0.15, 0.2) is 24.4 Å². The summed E-state index contributed by atoms with van der Waals surface area (Å²) < 4.78 is 1.82. The van der Waals surface area contributed by atoms with Crippen LogP contribution >= 0.6 is 0 Å². The smallest absolute Gasteiger partial charge is 0.315 e. The molecule has 25 heavy (non-hydrogen) atoms. The highest BCUT2D eigenvalue weighted by Crippen LogP contribution is 2.17. The Morgan fingerprint density at radius 2 is 2.04 bits per heavy atom. The summed E-state index contributed by atoms with van der Waals surface area (Å²) in [4.78, 5) is 23.9. The second kappa shape index (κ2) is 7.96. The van der Waals surface area contributed by atoms with Crippen molar-refractivity contribution in [1.82, 2.24) is 30.5 Å². The lowest BCUT2D eigenvalue weighted by Crippen LogP contribution is -2.45. The van der Waals surface area contributed by atoms with Crippen molar-refractivity contribution >= 4 is 17.6 Å². The first-order valence-electron chi connectivity index (χ1n) is 8.77. The Balaban J connectivity index is 1.46. The third-order valence-electron chi connectivity index (χ3n) is 4.45. The predicted molar refractivity (Wildman–Crippen MR) is 93.0 cm³/mol. The van der Waals surface area contributed by atoms with Gasteiger partial charge in [0.05, 0.1) is 12.6 Å². The van der Waals surface area contributed by atoms with Crippen molar-refractivity contribution in [3.8, 4) is 0 Å². The monoisotopic (exact) mass is 344 g/mol. The number of nitrogens with zero attached hydrogens (tertiary/aromatic N) is 3. The Kier molecular flexibility index (Phi) is 5.47. The number of hydrogen-bond acceptors (Lipinski definition) is 4. The molecule has 0 aromatic carbocycles. The molecule has 0 saturated heterocycles. The molecule has 0 spiro atoms. The number of urea groups is 1. The summed E-state index contributed by atoms with van der Waals surface area (Å²) in [7, 11) is 0. The summed E-state index contributed by atoms with van der Waals surface area (Å²) in [5.74, 6) is 0.486. The minimum absolute atomic E-state index is 0.0321. The summed E-state index contributed by atoms with van der Waals surface area (Å²) in [6.07, 6.45) is 7.44. The molecule has 1 atom stereocenters. The van der Waals surface area contributed by atoms with Crippen LogP contribution in [0.2, 0.25) is 0 Å². The van der Waals surface area contributed by atoms with Crippen LogP contribution in [0.3, 0.4) is 0 Å². The number of hydrogen-bond donors (Lipinski definition) is 3. The number of rotatable bonds is 5. The van der Waals surface area contributed by atoms with Crippen LogP contribution in [0.5, 0.6) is 0 Å². The molecule has 8 heteroatoms. The van der Waals surface area contributed by atoms with E-state index in [1.54, 1.807) is 0 Å². The highest BCUT2D eigenvalue weighted by molar-refractivity contribution is 5.84. The van der Waals surface area contributed by atoms with Crippen molar-refractivity contribution in [2.24, 2.45) is 0 Å². The van der Waals surface area contributed by atoms with Gasteiger partial charge in [0.2, 0.25) is 5.91 Å². The van der Waals surface area contributed by atoms with E-state index in [0.717, 1.165) is 31.3 Å². The van der Waals surface area contributed by atoms with E-state index < -0.39 is 6.03 Å². The standard InChI is InChI=1S/C17H24N6O2/c1-12(16-22-21-14-9-5-6-10-23(14)16)19-17(25)18-11-15(24)20-13-7-3-2-4-8-13/h5-6,9-10,12-13H,2-4,7-8,11H2,1H3,(H,20,24)(H2,18,19,25). The SMILES string of the molecule is CC(NC(=O)NCC(=O)NC1CCCCC1)c1nnc2ccccn12. The molecule has 134 valence electrons. The van der Waals surface area contributed by atoms with Gasteiger partial charge in [0.15, 0.2) is 11.5 Å². The molecule has 2 aromatic rings. The second-order valence-electron chi connectivity index (χ2n) is 6.44. The normalized spacial score (nSPS) is 16.4. The molecule has 1 unspecified atom stereocenters. The third kappa shape index (κ3) is 4.46. The van der Waals surface area contributed by atoms with Crippen molar-refractivity contribution < 1.29 is 9.59 Å². The zero-order valence-electron chi connectivity index (χ0n) is 14.4. The molecular weight excluding hydrogens is 320 g/mol. The van der Waals surface area contributed by atoms with Crippen molar-refractivity contribution in [2.45, 2.75) is 51.1 Å². The predicted octanol–water partition coefficient (Wildman–Crippen LogP) is 1.54. The first-order valence-corrected chi connectivity index (χ1v) is 8.77. The van der Waals surface area contributed by atoms with Gasteiger partial charge < -0.3 is 16.0 Å². The van der Waals surface area contributed by atoms with Gasteiger partial charge in [-0.25, -0.2) is 4.79 Å². The summed E-state index contributed by atoms with van der Waals surface area (Å²) in [5, 5.41) is 16.5. The highest BCUT2D eigenvalue weighted by Gasteiger charge is 2.18. The minimum Gasteiger partial charge on any atom is -0.352 e. The maximum atomic E-state index is 12.0. The Labute approximate surface area is 146 Å². The van der Waals surface area contributed by atoms with E-state index in [1.165, 1.54) is 6.42 Å². The minimum atomic E-state index is -0.404. The first kappa shape index (κ1) is 17.2. The van der Waals surface area contributed by atoms with E-state index in [2.05, 4.69) is 26.1 Å².